The van der Waals surface area contributed by atoms with Crippen LogP contribution in [0.3, 0.4) is 0 Å². The summed E-state index contributed by atoms with van der Waals surface area (Å²) >= 11 is 1.50. The monoisotopic (exact) mass is 341 g/mol. The van der Waals surface area contributed by atoms with E-state index in [2.05, 4.69) is 36.4 Å². The van der Waals surface area contributed by atoms with E-state index < -0.39 is 0 Å². The number of benzene rings is 1. The maximum Gasteiger partial charge on any atom is 0.261 e. The number of aryl methyl sites for hydroxylation is 2. The Balaban J connectivity index is 1.85. The average Bonchev–Trinajstić information content (AvgIpc) is 3.09. The number of hydrogen-bond acceptors (Lipinski definition) is 3. The van der Waals surface area contributed by atoms with E-state index in [4.69, 9.17) is 0 Å². The van der Waals surface area contributed by atoms with Crippen molar-refractivity contribution in [2.75, 3.05) is 0 Å². The van der Waals surface area contributed by atoms with Crippen molar-refractivity contribution in [2.24, 2.45) is 13.0 Å². The molecule has 3 rings (SSSR count). The predicted octanol–water partition coefficient (Wildman–Crippen LogP) is 4.46. The highest BCUT2D eigenvalue weighted by Crippen LogP contribution is 2.29. The first-order chi connectivity index (χ1) is 11.5. The van der Waals surface area contributed by atoms with Crippen molar-refractivity contribution < 1.29 is 4.79 Å². The van der Waals surface area contributed by atoms with Crippen LogP contribution >= 0.6 is 11.3 Å². The topological polar surface area (TPSA) is 46.9 Å². The molecule has 0 aliphatic heterocycles. The molecule has 0 unspecified atom stereocenters. The average molecular weight is 341 g/mol. The van der Waals surface area contributed by atoms with Gasteiger partial charge in [-0.3, -0.25) is 9.48 Å². The van der Waals surface area contributed by atoms with E-state index in [-0.39, 0.29) is 11.9 Å². The molecule has 24 heavy (non-hydrogen) atoms. The Bertz CT molecular complexity index is 814. The van der Waals surface area contributed by atoms with Crippen molar-refractivity contribution in [3.05, 3.63) is 52.5 Å². The van der Waals surface area contributed by atoms with Crippen LogP contribution in [0.15, 0.2) is 36.4 Å². The van der Waals surface area contributed by atoms with E-state index in [0.717, 1.165) is 32.8 Å². The molecule has 0 radical (unpaired) electrons. The third-order valence-electron chi connectivity index (χ3n) is 4.13. The number of rotatable bonds is 5. The van der Waals surface area contributed by atoms with Gasteiger partial charge in [0.15, 0.2) is 0 Å². The number of carbonyl (C=O) groups excluding carboxylic acids is 1. The van der Waals surface area contributed by atoms with Crippen LogP contribution in [0.5, 0.6) is 0 Å². The van der Waals surface area contributed by atoms with Crippen LogP contribution in [0.4, 0.5) is 0 Å². The minimum absolute atomic E-state index is 0.00916. The number of thiophene rings is 1. The molecular formula is C19H23N3OS. The standard InChI is InChI=1S/C19H23N3OS/c1-12(2)10-16(14-8-6-5-7-9-14)20-18(23)17-11-15-13(3)21-22(4)19(15)24-17/h5-9,11-12,16H,10H2,1-4H3,(H,20,23)/t16-/m1/s1. The van der Waals surface area contributed by atoms with Crippen LogP contribution in [0, 0.1) is 12.8 Å². The molecule has 1 atom stereocenters. The van der Waals surface area contributed by atoms with E-state index in [1.807, 2.05) is 42.9 Å². The minimum atomic E-state index is -0.00916. The van der Waals surface area contributed by atoms with Gasteiger partial charge in [-0.05, 0) is 30.9 Å². The van der Waals surface area contributed by atoms with Crippen molar-refractivity contribution in [3.63, 3.8) is 0 Å². The quantitative estimate of drug-likeness (QED) is 0.745. The van der Waals surface area contributed by atoms with E-state index in [1.54, 1.807) is 0 Å². The zero-order valence-electron chi connectivity index (χ0n) is 14.5. The van der Waals surface area contributed by atoms with Crippen molar-refractivity contribution in [1.82, 2.24) is 15.1 Å². The van der Waals surface area contributed by atoms with Gasteiger partial charge in [-0.1, -0.05) is 44.2 Å². The van der Waals surface area contributed by atoms with Gasteiger partial charge in [0.2, 0.25) is 0 Å². The summed E-state index contributed by atoms with van der Waals surface area (Å²) in [6.07, 6.45) is 0.918. The lowest BCUT2D eigenvalue weighted by molar-refractivity contribution is 0.0936. The lowest BCUT2D eigenvalue weighted by atomic mass is 9.97. The van der Waals surface area contributed by atoms with Crippen LogP contribution in [-0.2, 0) is 7.05 Å². The highest BCUT2D eigenvalue weighted by molar-refractivity contribution is 7.20. The van der Waals surface area contributed by atoms with Crippen molar-refractivity contribution >= 4 is 27.5 Å². The maximum absolute atomic E-state index is 12.8. The second-order valence-corrected chi connectivity index (χ2v) is 7.64. The van der Waals surface area contributed by atoms with E-state index in [9.17, 15) is 4.79 Å². The zero-order valence-corrected chi connectivity index (χ0v) is 15.4. The molecule has 4 nitrogen and oxygen atoms in total. The summed E-state index contributed by atoms with van der Waals surface area (Å²) < 4.78 is 1.84. The molecule has 0 spiro atoms. The number of nitrogens with one attached hydrogen (secondary N) is 1. The molecule has 0 fully saturated rings. The van der Waals surface area contributed by atoms with Gasteiger partial charge in [0.1, 0.15) is 4.83 Å². The van der Waals surface area contributed by atoms with Crippen molar-refractivity contribution in [3.8, 4) is 0 Å². The summed E-state index contributed by atoms with van der Waals surface area (Å²) in [5.74, 6) is 0.495. The van der Waals surface area contributed by atoms with E-state index >= 15 is 0 Å². The van der Waals surface area contributed by atoms with Crippen LogP contribution < -0.4 is 5.32 Å². The second kappa shape index (κ2) is 6.77. The van der Waals surface area contributed by atoms with Crippen LogP contribution in [-0.4, -0.2) is 15.7 Å². The molecule has 126 valence electrons. The van der Waals surface area contributed by atoms with Gasteiger partial charge in [-0.2, -0.15) is 5.10 Å². The number of nitrogens with zero attached hydrogens (tertiary/aromatic N) is 2. The fourth-order valence-corrected chi connectivity index (χ4v) is 4.01. The van der Waals surface area contributed by atoms with Gasteiger partial charge in [-0.15, -0.1) is 11.3 Å². The molecule has 2 aromatic heterocycles. The first-order valence-electron chi connectivity index (χ1n) is 8.24. The molecule has 1 amide bonds. The van der Waals surface area contributed by atoms with Gasteiger partial charge in [0.05, 0.1) is 16.6 Å². The summed E-state index contributed by atoms with van der Waals surface area (Å²) in [5, 5.41) is 8.67. The number of aromatic nitrogens is 2. The van der Waals surface area contributed by atoms with Crippen molar-refractivity contribution in [2.45, 2.75) is 33.2 Å². The Morgan fingerprint density at radius 3 is 2.62 bits per heavy atom. The summed E-state index contributed by atoms with van der Waals surface area (Å²) in [4.78, 5) is 14.6. The molecule has 0 saturated heterocycles. The largest absolute Gasteiger partial charge is 0.345 e. The first-order valence-corrected chi connectivity index (χ1v) is 9.06. The number of carbonyl (C=O) groups is 1. The van der Waals surface area contributed by atoms with Crippen LogP contribution in [0.1, 0.15) is 47.2 Å². The third-order valence-corrected chi connectivity index (χ3v) is 5.33. The molecule has 0 aliphatic carbocycles. The van der Waals surface area contributed by atoms with Crippen molar-refractivity contribution in [1.29, 1.82) is 0 Å². The SMILES string of the molecule is Cc1nn(C)c2sc(C(=O)N[C@H](CC(C)C)c3ccccc3)cc12. The van der Waals surface area contributed by atoms with E-state index in [0.29, 0.717) is 5.92 Å². The van der Waals surface area contributed by atoms with Gasteiger partial charge in [0.25, 0.3) is 5.91 Å². The Kier molecular flexibility index (Phi) is 4.71. The molecule has 0 bridgehead atoms. The zero-order chi connectivity index (χ0) is 17.3. The summed E-state index contributed by atoms with van der Waals surface area (Å²) in [6, 6.07) is 12.2. The predicted molar refractivity (Wildman–Crippen MR) is 99.4 cm³/mol. The molecule has 3 aromatic rings. The molecule has 5 heteroatoms. The Hall–Kier alpha value is -2.14. The molecule has 0 aliphatic rings. The summed E-state index contributed by atoms with van der Waals surface area (Å²) in [6.45, 7) is 6.33. The lowest BCUT2D eigenvalue weighted by Gasteiger charge is -2.20. The Labute approximate surface area is 146 Å². The highest BCUT2D eigenvalue weighted by atomic mass is 32.1. The maximum atomic E-state index is 12.8. The van der Waals surface area contributed by atoms with Crippen LogP contribution in [0.25, 0.3) is 10.2 Å². The molecule has 0 saturated carbocycles. The number of fused-ring (bicyclic) bond motifs is 1. The third kappa shape index (κ3) is 3.36. The fraction of sp³-hybridized carbons (Fsp3) is 0.368. The number of hydrogen-bond donors (Lipinski definition) is 1. The first kappa shape index (κ1) is 16.7. The molecular weight excluding hydrogens is 318 g/mol. The summed E-state index contributed by atoms with van der Waals surface area (Å²) in [7, 11) is 1.92. The summed E-state index contributed by atoms with van der Waals surface area (Å²) in [5.41, 5.74) is 2.11. The molecule has 1 N–H and O–H groups in total. The highest BCUT2D eigenvalue weighted by Gasteiger charge is 2.20. The Morgan fingerprint density at radius 2 is 2.00 bits per heavy atom. The van der Waals surface area contributed by atoms with Crippen LogP contribution in [0.2, 0.25) is 0 Å². The lowest BCUT2D eigenvalue weighted by Crippen LogP contribution is -2.28. The van der Waals surface area contributed by atoms with Gasteiger partial charge in [0, 0.05) is 12.4 Å². The van der Waals surface area contributed by atoms with Gasteiger partial charge < -0.3 is 5.32 Å². The minimum Gasteiger partial charge on any atom is -0.345 e. The molecule has 2 heterocycles. The molecule has 1 aromatic carbocycles. The van der Waals surface area contributed by atoms with E-state index in [1.165, 1.54) is 11.3 Å². The van der Waals surface area contributed by atoms with Gasteiger partial charge in [-0.25, -0.2) is 0 Å². The smallest absolute Gasteiger partial charge is 0.261 e. The second-order valence-electron chi connectivity index (χ2n) is 6.60. The normalized spacial score (nSPS) is 12.7. The number of amides is 1. The Morgan fingerprint density at radius 1 is 1.29 bits per heavy atom. The fourth-order valence-electron chi connectivity index (χ4n) is 2.98. The van der Waals surface area contributed by atoms with Gasteiger partial charge >= 0.3 is 0 Å².